The fourth-order valence-electron chi connectivity index (χ4n) is 1.61. The Morgan fingerprint density at radius 2 is 1.92 bits per heavy atom. The van der Waals surface area contributed by atoms with Crippen molar-refractivity contribution >= 4 is 11.7 Å². The Morgan fingerprint density at radius 3 is 2.25 bits per heavy atom. The van der Waals surface area contributed by atoms with Gasteiger partial charge in [0.2, 0.25) is 5.91 Å². The number of carbonyl (C=O) groups excluding carboxylic acids is 2. The van der Waals surface area contributed by atoms with Gasteiger partial charge in [0.25, 0.3) is 0 Å². The molecule has 1 N–H and O–H groups in total. The molecular weight excluding hydrogens is 154 g/mol. The third-order valence-corrected chi connectivity index (χ3v) is 2.48. The molecule has 0 aromatic carbocycles. The summed E-state index contributed by atoms with van der Waals surface area (Å²) in [6.45, 7) is 4.11. The summed E-state index contributed by atoms with van der Waals surface area (Å²) in [5, 5.41) is 2.74. The highest BCUT2D eigenvalue weighted by Crippen LogP contribution is 2.34. The van der Waals surface area contributed by atoms with Gasteiger partial charge >= 0.3 is 0 Å². The molecule has 0 bridgehead atoms. The molecule has 0 heterocycles. The van der Waals surface area contributed by atoms with Crippen molar-refractivity contribution in [2.24, 2.45) is 11.8 Å². The fourth-order valence-corrected chi connectivity index (χ4v) is 1.61. The van der Waals surface area contributed by atoms with E-state index in [1.165, 1.54) is 0 Å². The average molecular weight is 169 g/mol. The topological polar surface area (TPSA) is 46.2 Å². The maximum absolute atomic E-state index is 11.3. The minimum absolute atomic E-state index is 0.00319. The Labute approximate surface area is 72.5 Å². The number of hydrogen-bond donors (Lipinski definition) is 1. The Hall–Kier alpha value is -0.860. The lowest BCUT2D eigenvalue weighted by Gasteiger charge is -2.33. The number of carbonyl (C=O) groups is 2. The molecule has 0 saturated heterocycles. The summed E-state index contributed by atoms with van der Waals surface area (Å²) < 4.78 is 0. The Morgan fingerprint density at radius 1 is 1.33 bits per heavy atom. The predicted octanol–water partition coefficient (Wildman–Crippen LogP) is 0.738. The second kappa shape index (κ2) is 3.70. The van der Waals surface area contributed by atoms with E-state index in [9.17, 15) is 9.59 Å². The van der Waals surface area contributed by atoms with E-state index in [1.54, 1.807) is 6.92 Å². The average Bonchev–Trinajstić information content (AvgIpc) is 1.82. The van der Waals surface area contributed by atoms with Crippen LogP contribution in [0.5, 0.6) is 0 Å². The van der Waals surface area contributed by atoms with E-state index >= 15 is 0 Å². The maximum Gasteiger partial charge on any atom is 0.223 e. The molecule has 0 aromatic rings. The summed E-state index contributed by atoms with van der Waals surface area (Å²) in [6.07, 6.45) is 1.76. The first-order chi connectivity index (χ1) is 5.66. The van der Waals surface area contributed by atoms with Crippen LogP contribution in [0, 0.1) is 11.8 Å². The standard InChI is InChI=1S/C9H15NO2/c1-3-10-9(12)8-5-4-7(8)6(2)11/h7-8H,3-5H2,1-2H3,(H,10,12). The molecule has 1 saturated carbocycles. The van der Waals surface area contributed by atoms with Crippen LogP contribution >= 0.6 is 0 Å². The van der Waals surface area contributed by atoms with Gasteiger partial charge in [-0.3, -0.25) is 9.59 Å². The van der Waals surface area contributed by atoms with Gasteiger partial charge in [-0.1, -0.05) is 0 Å². The minimum atomic E-state index is -0.0394. The number of ketones is 1. The van der Waals surface area contributed by atoms with Crippen LogP contribution < -0.4 is 5.32 Å². The van der Waals surface area contributed by atoms with Gasteiger partial charge in [-0.15, -0.1) is 0 Å². The van der Waals surface area contributed by atoms with E-state index in [4.69, 9.17) is 0 Å². The molecule has 1 fully saturated rings. The molecule has 0 aromatic heterocycles. The van der Waals surface area contributed by atoms with Crippen LogP contribution in [-0.4, -0.2) is 18.2 Å². The molecular formula is C9H15NO2. The molecule has 3 nitrogen and oxygen atoms in total. The molecule has 0 radical (unpaired) electrons. The molecule has 1 amide bonds. The normalized spacial score (nSPS) is 27.5. The fraction of sp³-hybridized carbons (Fsp3) is 0.778. The first-order valence-corrected chi connectivity index (χ1v) is 4.45. The van der Waals surface area contributed by atoms with Crippen LogP contribution in [-0.2, 0) is 9.59 Å². The smallest absolute Gasteiger partial charge is 0.223 e. The third kappa shape index (κ3) is 1.65. The maximum atomic E-state index is 11.3. The second-order valence-electron chi connectivity index (χ2n) is 3.30. The van der Waals surface area contributed by atoms with E-state index < -0.39 is 0 Å². The van der Waals surface area contributed by atoms with Gasteiger partial charge in [0.15, 0.2) is 0 Å². The minimum Gasteiger partial charge on any atom is -0.356 e. The number of nitrogens with one attached hydrogen (secondary N) is 1. The lowest BCUT2D eigenvalue weighted by Crippen LogP contribution is -2.43. The molecule has 3 heteroatoms. The molecule has 1 rings (SSSR count). The van der Waals surface area contributed by atoms with Crippen molar-refractivity contribution in [1.29, 1.82) is 0 Å². The number of amides is 1. The summed E-state index contributed by atoms with van der Waals surface area (Å²) in [5.74, 6) is 0.153. The van der Waals surface area contributed by atoms with Crippen LogP contribution in [0.2, 0.25) is 0 Å². The van der Waals surface area contributed by atoms with E-state index in [0.29, 0.717) is 6.54 Å². The van der Waals surface area contributed by atoms with Gasteiger partial charge in [0.1, 0.15) is 5.78 Å². The van der Waals surface area contributed by atoms with Gasteiger partial charge in [0.05, 0.1) is 0 Å². The summed E-state index contributed by atoms with van der Waals surface area (Å²) in [6, 6.07) is 0. The highest BCUT2D eigenvalue weighted by molar-refractivity contribution is 5.89. The van der Waals surface area contributed by atoms with Crippen molar-refractivity contribution in [3.05, 3.63) is 0 Å². The Balaban J connectivity index is 2.43. The van der Waals surface area contributed by atoms with Gasteiger partial charge in [-0.25, -0.2) is 0 Å². The molecule has 1 aliphatic carbocycles. The van der Waals surface area contributed by atoms with Gasteiger partial charge in [-0.05, 0) is 26.7 Å². The first-order valence-electron chi connectivity index (χ1n) is 4.45. The third-order valence-electron chi connectivity index (χ3n) is 2.48. The number of rotatable bonds is 3. The van der Waals surface area contributed by atoms with E-state index in [0.717, 1.165) is 12.8 Å². The quantitative estimate of drug-likeness (QED) is 0.677. The van der Waals surface area contributed by atoms with Crippen molar-refractivity contribution in [2.75, 3.05) is 6.54 Å². The molecule has 2 unspecified atom stereocenters. The summed E-state index contributed by atoms with van der Waals surface area (Å²) in [4.78, 5) is 22.2. The van der Waals surface area contributed by atoms with Crippen molar-refractivity contribution in [3.63, 3.8) is 0 Å². The largest absolute Gasteiger partial charge is 0.356 e. The number of hydrogen-bond acceptors (Lipinski definition) is 2. The van der Waals surface area contributed by atoms with Crippen molar-refractivity contribution in [3.8, 4) is 0 Å². The monoisotopic (exact) mass is 169 g/mol. The molecule has 68 valence electrons. The molecule has 1 aliphatic rings. The van der Waals surface area contributed by atoms with E-state index in [-0.39, 0.29) is 23.5 Å². The summed E-state index contributed by atoms with van der Waals surface area (Å²) in [5.41, 5.74) is 0. The zero-order valence-electron chi connectivity index (χ0n) is 7.59. The Bertz CT molecular complexity index is 201. The van der Waals surface area contributed by atoms with Crippen LogP contribution in [0.1, 0.15) is 26.7 Å². The van der Waals surface area contributed by atoms with Gasteiger partial charge < -0.3 is 5.32 Å². The van der Waals surface area contributed by atoms with Crippen molar-refractivity contribution in [1.82, 2.24) is 5.32 Å². The van der Waals surface area contributed by atoms with E-state index in [2.05, 4.69) is 5.32 Å². The lowest BCUT2D eigenvalue weighted by atomic mass is 9.71. The second-order valence-corrected chi connectivity index (χ2v) is 3.30. The van der Waals surface area contributed by atoms with Crippen LogP contribution in [0.3, 0.4) is 0 Å². The lowest BCUT2D eigenvalue weighted by molar-refractivity contribution is -0.138. The van der Waals surface area contributed by atoms with Gasteiger partial charge in [-0.2, -0.15) is 0 Å². The highest BCUT2D eigenvalue weighted by Gasteiger charge is 2.38. The SMILES string of the molecule is CCNC(=O)C1CCC1C(C)=O. The molecule has 0 aliphatic heterocycles. The predicted molar refractivity (Wildman–Crippen MR) is 45.6 cm³/mol. The molecule has 2 atom stereocenters. The highest BCUT2D eigenvalue weighted by atomic mass is 16.2. The van der Waals surface area contributed by atoms with Crippen LogP contribution in [0.15, 0.2) is 0 Å². The zero-order chi connectivity index (χ0) is 9.14. The van der Waals surface area contributed by atoms with Crippen molar-refractivity contribution < 1.29 is 9.59 Å². The van der Waals surface area contributed by atoms with E-state index in [1.807, 2.05) is 6.92 Å². The molecule has 0 spiro atoms. The molecule has 12 heavy (non-hydrogen) atoms. The zero-order valence-corrected chi connectivity index (χ0v) is 7.59. The Kier molecular flexibility index (Phi) is 2.84. The van der Waals surface area contributed by atoms with Crippen LogP contribution in [0.25, 0.3) is 0 Å². The van der Waals surface area contributed by atoms with Gasteiger partial charge in [0, 0.05) is 18.4 Å². The summed E-state index contributed by atoms with van der Waals surface area (Å²) in [7, 11) is 0. The van der Waals surface area contributed by atoms with Crippen LogP contribution in [0.4, 0.5) is 0 Å². The van der Waals surface area contributed by atoms with Crippen molar-refractivity contribution in [2.45, 2.75) is 26.7 Å². The number of Topliss-reactive ketones (excluding diaryl/α,β-unsaturated/α-hetero) is 1. The first kappa shape index (κ1) is 9.23. The summed E-state index contributed by atoms with van der Waals surface area (Å²) >= 11 is 0.